The van der Waals surface area contributed by atoms with Crippen LogP contribution in [0.1, 0.15) is 11.1 Å². The number of ether oxygens (including phenoxy) is 3. The topological polar surface area (TPSA) is 57.1 Å². The van der Waals surface area contributed by atoms with Gasteiger partial charge in [0, 0.05) is 0 Å². The summed E-state index contributed by atoms with van der Waals surface area (Å²) in [6.45, 7) is 3.85. The minimum Gasteiger partial charge on any atom is -0.493 e. The number of hydrogen-bond donors (Lipinski definition) is 0. The van der Waals surface area contributed by atoms with Crippen molar-refractivity contribution >= 4 is 29.5 Å². The van der Waals surface area contributed by atoms with Crippen molar-refractivity contribution in [3.63, 3.8) is 0 Å². The molecule has 0 unspecified atom stereocenters. The number of nitrogens with zero attached hydrogens (tertiary/aromatic N) is 1. The normalized spacial score (nSPS) is 14.7. The molecule has 0 N–H and O–H groups in total. The quantitative estimate of drug-likeness (QED) is 0.419. The van der Waals surface area contributed by atoms with Crippen molar-refractivity contribution in [2.45, 2.75) is 0 Å². The van der Waals surface area contributed by atoms with Crippen LogP contribution in [0.5, 0.6) is 11.5 Å². The Bertz CT molecular complexity index is 968. The van der Waals surface area contributed by atoms with Gasteiger partial charge in [0.2, 0.25) is 5.90 Å². The molecule has 7 heteroatoms. The maximum Gasteiger partial charge on any atom is 0.363 e. The number of halogens is 2. The zero-order valence-electron chi connectivity index (χ0n) is 14.4. The number of aliphatic imine (C=N–C) groups is 1. The molecule has 0 aliphatic carbocycles. The Morgan fingerprint density at radius 3 is 2.81 bits per heavy atom. The molecule has 0 bridgehead atoms. The Balaban J connectivity index is 1.96. The van der Waals surface area contributed by atoms with Crippen molar-refractivity contribution in [2.24, 2.45) is 4.99 Å². The van der Waals surface area contributed by atoms with Gasteiger partial charge in [-0.3, -0.25) is 0 Å². The van der Waals surface area contributed by atoms with Crippen LogP contribution in [-0.4, -0.2) is 25.6 Å². The molecule has 0 amide bonds. The molecule has 0 saturated heterocycles. The van der Waals surface area contributed by atoms with Crippen LogP contribution in [0.15, 0.2) is 59.7 Å². The van der Waals surface area contributed by atoms with Crippen LogP contribution < -0.4 is 9.47 Å². The molecule has 0 radical (unpaired) electrons. The third-order valence-corrected chi connectivity index (χ3v) is 3.91. The lowest BCUT2D eigenvalue weighted by Gasteiger charge is -2.12. The van der Waals surface area contributed by atoms with Crippen molar-refractivity contribution < 1.29 is 23.4 Å². The van der Waals surface area contributed by atoms with Gasteiger partial charge in [-0.05, 0) is 35.9 Å². The van der Waals surface area contributed by atoms with Crippen LogP contribution in [0, 0.1) is 5.82 Å². The van der Waals surface area contributed by atoms with E-state index in [-0.39, 0.29) is 23.8 Å². The standard InChI is InChI=1S/C20H15ClFNO4/c1-3-8-26-18-14(21)9-12(11-17(18)25-2)10-16-20(24)27-19(23-16)13-6-4-5-7-15(13)22/h3-7,9-11H,1,8H2,2H3/b16-10-. The monoisotopic (exact) mass is 387 g/mol. The van der Waals surface area contributed by atoms with Crippen LogP contribution in [0.25, 0.3) is 6.08 Å². The molecule has 2 aromatic rings. The second kappa shape index (κ2) is 8.05. The molecule has 3 rings (SSSR count). The van der Waals surface area contributed by atoms with E-state index in [0.717, 1.165) is 0 Å². The summed E-state index contributed by atoms with van der Waals surface area (Å²) in [6.07, 6.45) is 3.06. The second-order valence-electron chi connectivity index (χ2n) is 5.45. The van der Waals surface area contributed by atoms with Gasteiger partial charge < -0.3 is 14.2 Å². The highest BCUT2D eigenvalue weighted by molar-refractivity contribution is 6.32. The zero-order valence-corrected chi connectivity index (χ0v) is 15.1. The van der Waals surface area contributed by atoms with Gasteiger partial charge in [0.25, 0.3) is 0 Å². The number of rotatable bonds is 6. The first-order valence-electron chi connectivity index (χ1n) is 7.92. The van der Waals surface area contributed by atoms with Gasteiger partial charge in [0.15, 0.2) is 17.2 Å². The summed E-state index contributed by atoms with van der Waals surface area (Å²) < 4.78 is 29.7. The fourth-order valence-electron chi connectivity index (χ4n) is 2.42. The molecule has 0 saturated carbocycles. The first kappa shape index (κ1) is 18.7. The van der Waals surface area contributed by atoms with Gasteiger partial charge in [-0.2, -0.15) is 0 Å². The summed E-state index contributed by atoms with van der Waals surface area (Å²) in [4.78, 5) is 16.2. The van der Waals surface area contributed by atoms with Crippen LogP contribution >= 0.6 is 11.6 Å². The SMILES string of the molecule is C=CCOc1c(Cl)cc(/C=C2\N=C(c3ccccc3F)OC2=O)cc1OC. The van der Waals surface area contributed by atoms with Gasteiger partial charge in [0.05, 0.1) is 17.7 Å². The molecular formula is C20H15ClFNO4. The highest BCUT2D eigenvalue weighted by atomic mass is 35.5. The molecule has 0 spiro atoms. The van der Waals surface area contributed by atoms with E-state index in [1.54, 1.807) is 24.3 Å². The van der Waals surface area contributed by atoms with Crippen LogP contribution in [0.3, 0.4) is 0 Å². The lowest BCUT2D eigenvalue weighted by Crippen LogP contribution is -2.07. The summed E-state index contributed by atoms with van der Waals surface area (Å²) in [5.74, 6) is -0.547. The number of methoxy groups -OCH3 is 1. The van der Waals surface area contributed by atoms with Gasteiger partial charge >= 0.3 is 5.97 Å². The molecule has 1 heterocycles. The Kier molecular flexibility index (Phi) is 5.57. The zero-order chi connectivity index (χ0) is 19.4. The van der Waals surface area contributed by atoms with Crippen LogP contribution in [-0.2, 0) is 9.53 Å². The molecule has 0 aromatic heterocycles. The summed E-state index contributed by atoms with van der Waals surface area (Å²) >= 11 is 6.25. The predicted molar refractivity (Wildman–Crippen MR) is 101 cm³/mol. The Morgan fingerprint density at radius 1 is 1.33 bits per heavy atom. The molecule has 27 heavy (non-hydrogen) atoms. The minimum absolute atomic E-state index is 0.0196. The Hall–Kier alpha value is -3.12. The Labute approximate surface area is 160 Å². The van der Waals surface area contributed by atoms with Crippen molar-refractivity contribution in [3.05, 3.63) is 76.7 Å². The molecule has 138 valence electrons. The fourth-order valence-corrected chi connectivity index (χ4v) is 2.70. The predicted octanol–water partition coefficient (Wildman–Crippen LogP) is 4.40. The largest absolute Gasteiger partial charge is 0.493 e. The van der Waals surface area contributed by atoms with E-state index in [2.05, 4.69) is 11.6 Å². The number of cyclic esters (lactones) is 1. The van der Waals surface area contributed by atoms with Crippen molar-refractivity contribution in [2.75, 3.05) is 13.7 Å². The highest BCUT2D eigenvalue weighted by Crippen LogP contribution is 2.37. The van der Waals surface area contributed by atoms with E-state index >= 15 is 0 Å². The third-order valence-electron chi connectivity index (χ3n) is 3.63. The van der Waals surface area contributed by atoms with Crippen molar-refractivity contribution in [1.29, 1.82) is 0 Å². The van der Waals surface area contributed by atoms with Gasteiger partial charge in [-0.25, -0.2) is 14.2 Å². The van der Waals surface area contributed by atoms with Crippen LogP contribution in [0.4, 0.5) is 4.39 Å². The van der Waals surface area contributed by atoms with E-state index < -0.39 is 11.8 Å². The van der Waals surface area contributed by atoms with E-state index in [1.165, 1.54) is 31.4 Å². The van der Waals surface area contributed by atoms with Gasteiger partial charge in [-0.1, -0.05) is 36.4 Å². The van der Waals surface area contributed by atoms with Gasteiger partial charge in [-0.15, -0.1) is 0 Å². The summed E-state index contributed by atoms with van der Waals surface area (Å²) in [7, 11) is 1.47. The Morgan fingerprint density at radius 2 is 2.11 bits per heavy atom. The second-order valence-corrected chi connectivity index (χ2v) is 5.86. The molecular weight excluding hydrogens is 373 g/mol. The minimum atomic E-state index is -0.685. The lowest BCUT2D eigenvalue weighted by atomic mass is 10.1. The van der Waals surface area contributed by atoms with E-state index in [0.29, 0.717) is 22.1 Å². The lowest BCUT2D eigenvalue weighted by molar-refractivity contribution is -0.129. The molecule has 2 aromatic carbocycles. The smallest absolute Gasteiger partial charge is 0.363 e. The van der Waals surface area contributed by atoms with Crippen molar-refractivity contribution in [3.8, 4) is 11.5 Å². The fraction of sp³-hybridized carbons (Fsp3) is 0.100. The average Bonchev–Trinajstić information content (AvgIpc) is 3.01. The number of esters is 1. The number of benzene rings is 2. The number of carbonyl (C=O) groups excluding carboxylic acids is 1. The maximum atomic E-state index is 13.9. The van der Waals surface area contributed by atoms with E-state index in [9.17, 15) is 9.18 Å². The molecule has 1 aliphatic heterocycles. The van der Waals surface area contributed by atoms with E-state index in [1.807, 2.05) is 0 Å². The third kappa shape index (κ3) is 4.01. The first-order valence-corrected chi connectivity index (χ1v) is 8.30. The number of hydrogen-bond acceptors (Lipinski definition) is 5. The average molecular weight is 388 g/mol. The molecule has 1 aliphatic rings. The van der Waals surface area contributed by atoms with Crippen molar-refractivity contribution in [1.82, 2.24) is 0 Å². The maximum absolute atomic E-state index is 13.9. The van der Waals surface area contributed by atoms with Crippen LogP contribution in [0.2, 0.25) is 5.02 Å². The molecule has 0 atom stereocenters. The number of carbonyl (C=O) groups is 1. The highest BCUT2D eigenvalue weighted by Gasteiger charge is 2.26. The summed E-state index contributed by atoms with van der Waals surface area (Å²) in [5.41, 5.74) is 0.678. The van der Waals surface area contributed by atoms with Gasteiger partial charge in [0.1, 0.15) is 12.4 Å². The molecule has 5 nitrogen and oxygen atoms in total. The summed E-state index contributed by atoms with van der Waals surface area (Å²) in [5, 5.41) is 0.299. The summed E-state index contributed by atoms with van der Waals surface area (Å²) in [6, 6.07) is 9.15. The molecule has 0 fully saturated rings. The first-order chi connectivity index (χ1) is 13.0. The van der Waals surface area contributed by atoms with E-state index in [4.69, 9.17) is 25.8 Å².